The number of urea groups is 1. The van der Waals surface area contributed by atoms with Crippen LogP contribution >= 0.6 is 0 Å². The number of hydrogen-bond acceptors (Lipinski definition) is 2. The summed E-state index contributed by atoms with van der Waals surface area (Å²) in [6.07, 6.45) is 0. The number of benzene rings is 2. The van der Waals surface area contributed by atoms with Crippen LogP contribution in [-0.2, 0) is 11.3 Å². The molecule has 0 radical (unpaired) electrons. The maximum absolute atomic E-state index is 11.9. The van der Waals surface area contributed by atoms with Crippen molar-refractivity contribution in [2.45, 2.75) is 20.4 Å². The normalized spacial score (nSPS) is 12.2. The Bertz CT molecular complexity index is 713. The van der Waals surface area contributed by atoms with Gasteiger partial charge in [-0.15, -0.1) is 0 Å². The van der Waals surface area contributed by atoms with Crippen LogP contribution in [0.25, 0.3) is 10.8 Å². The molecule has 3 N–H and O–H groups in total. The molecule has 128 valence electrons. The Balaban J connectivity index is 1.84. The molecule has 0 bridgehead atoms. The molecular formula is C19H26N3O2+. The number of likely N-dealkylation sites (N-methyl/N-ethyl adjacent to an activating group) is 1. The van der Waals surface area contributed by atoms with E-state index < -0.39 is 6.03 Å². The van der Waals surface area contributed by atoms with Gasteiger partial charge in [0.25, 0.3) is 5.91 Å². The quantitative estimate of drug-likeness (QED) is 0.749. The van der Waals surface area contributed by atoms with Gasteiger partial charge in [-0.3, -0.25) is 10.1 Å². The van der Waals surface area contributed by atoms with Gasteiger partial charge < -0.3 is 10.2 Å². The van der Waals surface area contributed by atoms with Gasteiger partial charge in [-0.25, -0.2) is 4.79 Å². The zero-order valence-electron chi connectivity index (χ0n) is 14.6. The fourth-order valence-corrected chi connectivity index (χ4v) is 2.55. The van der Waals surface area contributed by atoms with Crippen LogP contribution < -0.4 is 15.5 Å². The summed E-state index contributed by atoms with van der Waals surface area (Å²) in [5.41, 5.74) is 1.17. The number of fused-ring (bicyclic) bond motifs is 1. The van der Waals surface area contributed by atoms with E-state index in [1.54, 1.807) is 0 Å². The van der Waals surface area contributed by atoms with E-state index in [1.807, 2.05) is 33.0 Å². The third-order valence-corrected chi connectivity index (χ3v) is 3.71. The van der Waals surface area contributed by atoms with Gasteiger partial charge in [-0.1, -0.05) is 50.2 Å². The van der Waals surface area contributed by atoms with Crippen molar-refractivity contribution in [3.05, 3.63) is 48.0 Å². The maximum Gasteiger partial charge on any atom is 0.321 e. The van der Waals surface area contributed by atoms with Crippen LogP contribution in [0.1, 0.15) is 19.4 Å². The van der Waals surface area contributed by atoms with E-state index >= 15 is 0 Å². The molecule has 1 unspecified atom stereocenters. The molecule has 2 aromatic carbocycles. The molecule has 0 saturated carbocycles. The van der Waals surface area contributed by atoms with Crippen LogP contribution in [0.5, 0.6) is 0 Å². The monoisotopic (exact) mass is 328 g/mol. The van der Waals surface area contributed by atoms with Gasteiger partial charge in [-0.2, -0.15) is 0 Å². The third-order valence-electron chi connectivity index (χ3n) is 3.71. The molecule has 0 heterocycles. The van der Waals surface area contributed by atoms with Crippen molar-refractivity contribution >= 4 is 22.7 Å². The summed E-state index contributed by atoms with van der Waals surface area (Å²) >= 11 is 0. The molecule has 2 aromatic rings. The first-order chi connectivity index (χ1) is 11.4. The zero-order chi connectivity index (χ0) is 17.5. The van der Waals surface area contributed by atoms with Gasteiger partial charge >= 0.3 is 6.03 Å². The molecule has 0 aliphatic rings. The maximum atomic E-state index is 11.9. The van der Waals surface area contributed by atoms with E-state index in [4.69, 9.17) is 0 Å². The van der Waals surface area contributed by atoms with Gasteiger partial charge in [0.1, 0.15) is 6.54 Å². The van der Waals surface area contributed by atoms with Crippen LogP contribution in [-0.4, -0.2) is 32.1 Å². The van der Waals surface area contributed by atoms with Crippen molar-refractivity contribution in [3.8, 4) is 0 Å². The molecule has 0 aliphatic heterocycles. The Kier molecular flexibility index (Phi) is 6.32. The van der Waals surface area contributed by atoms with E-state index in [-0.39, 0.29) is 12.5 Å². The summed E-state index contributed by atoms with van der Waals surface area (Å²) in [6, 6.07) is 14.1. The van der Waals surface area contributed by atoms with Crippen molar-refractivity contribution in [3.63, 3.8) is 0 Å². The van der Waals surface area contributed by atoms with Gasteiger partial charge in [-0.05, 0) is 22.8 Å². The number of imide groups is 1. The van der Waals surface area contributed by atoms with E-state index in [0.29, 0.717) is 12.5 Å². The summed E-state index contributed by atoms with van der Waals surface area (Å²) in [6.45, 7) is 5.54. The predicted octanol–water partition coefficient (Wildman–Crippen LogP) is 1.34. The van der Waals surface area contributed by atoms with Gasteiger partial charge in [0.15, 0.2) is 6.54 Å². The van der Waals surface area contributed by atoms with E-state index in [0.717, 1.165) is 11.4 Å². The van der Waals surface area contributed by atoms with Crippen LogP contribution in [0, 0.1) is 5.92 Å². The average Bonchev–Trinajstić information content (AvgIpc) is 2.52. The smallest absolute Gasteiger partial charge is 0.321 e. The number of amides is 3. The molecule has 0 spiro atoms. The van der Waals surface area contributed by atoms with Gasteiger partial charge in [0.05, 0.1) is 7.05 Å². The highest BCUT2D eigenvalue weighted by atomic mass is 16.2. The SMILES string of the molecule is CC(C)CNC(=O)NC(=O)C[NH+](C)Cc1ccc2ccccc2c1. The highest BCUT2D eigenvalue weighted by Gasteiger charge is 2.13. The lowest BCUT2D eigenvalue weighted by atomic mass is 10.1. The summed E-state index contributed by atoms with van der Waals surface area (Å²) in [5, 5.41) is 7.45. The Labute approximate surface area is 143 Å². The number of hydrogen-bond donors (Lipinski definition) is 3. The molecule has 24 heavy (non-hydrogen) atoms. The first-order valence-corrected chi connectivity index (χ1v) is 8.30. The topological polar surface area (TPSA) is 62.6 Å². The summed E-state index contributed by atoms with van der Waals surface area (Å²) in [7, 11) is 1.95. The molecule has 0 aliphatic carbocycles. The lowest BCUT2D eigenvalue weighted by molar-refractivity contribution is -0.885. The van der Waals surface area contributed by atoms with Crippen molar-refractivity contribution < 1.29 is 14.5 Å². The molecular weight excluding hydrogens is 302 g/mol. The van der Waals surface area contributed by atoms with Crippen LogP contribution in [0.2, 0.25) is 0 Å². The average molecular weight is 328 g/mol. The van der Waals surface area contributed by atoms with Crippen LogP contribution in [0.15, 0.2) is 42.5 Å². The Morgan fingerprint density at radius 2 is 1.79 bits per heavy atom. The van der Waals surface area contributed by atoms with Gasteiger partial charge in [0.2, 0.25) is 0 Å². The fourth-order valence-electron chi connectivity index (χ4n) is 2.55. The highest BCUT2D eigenvalue weighted by Crippen LogP contribution is 2.14. The second kappa shape index (κ2) is 8.45. The number of rotatable bonds is 6. The molecule has 3 amide bonds. The first kappa shape index (κ1) is 17.9. The van der Waals surface area contributed by atoms with Crippen LogP contribution in [0.4, 0.5) is 4.79 Å². The number of carbonyl (C=O) groups is 2. The molecule has 5 nitrogen and oxygen atoms in total. The summed E-state index contributed by atoms with van der Waals surface area (Å²) in [5.74, 6) is 0.0848. The molecule has 1 atom stereocenters. The minimum absolute atomic E-state index is 0.252. The minimum Gasteiger partial charge on any atom is -0.338 e. The second-order valence-electron chi connectivity index (χ2n) is 6.64. The summed E-state index contributed by atoms with van der Waals surface area (Å²) in [4.78, 5) is 24.5. The second-order valence-corrected chi connectivity index (χ2v) is 6.64. The standard InChI is InChI=1S/C19H25N3O2/c1-14(2)11-20-19(24)21-18(23)13-22(3)12-15-8-9-16-6-4-5-7-17(16)10-15/h4-10,14H,11-13H2,1-3H3,(H2,20,21,23,24)/p+1. The lowest BCUT2D eigenvalue weighted by Crippen LogP contribution is -3.09. The van der Waals surface area contributed by atoms with E-state index in [9.17, 15) is 9.59 Å². The molecule has 0 saturated heterocycles. The summed E-state index contributed by atoms with van der Waals surface area (Å²) < 4.78 is 0. The lowest BCUT2D eigenvalue weighted by Gasteiger charge is -2.14. The Morgan fingerprint density at radius 3 is 2.50 bits per heavy atom. The zero-order valence-corrected chi connectivity index (χ0v) is 14.6. The number of quaternary nitrogens is 1. The van der Waals surface area contributed by atoms with Crippen LogP contribution in [0.3, 0.4) is 0 Å². The Morgan fingerprint density at radius 1 is 1.08 bits per heavy atom. The largest absolute Gasteiger partial charge is 0.338 e. The molecule has 5 heteroatoms. The first-order valence-electron chi connectivity index (χ1n) is 8.30. The molecule has 0 fully saturated rings. The van der Waals surface area contributed by atoms with Gasteiger partial charge in [0, 0.05) is 12.1 Å². The highest BCUT2D eigenvalue weighted by molar-refractivity contribution is 5.94. The Hall–Kier alpha value is -2.40. The van der Waals surface area contributed by atoms with Crippen molar-refractivity contribution in [2.24, 2.45) is 5.92 Å². The van der Waals surface area contributed by atoms with E-state index in [1.165, 1.54) is 16.3 Å². The van der Waals surface area contributed by atoms with Crippen molar-refractivity contribution in [2.75, 3.05) is 20.1 Å². The molecule has 0 aromatic heterocycles. The minimum atomic E-state index is -0.424. The third kappa shape index (κ3) is 5.66. The number of nitrogens with one attached hydrogen (secondary N) is 3. The van der Waals surface area contributed by atoms with E-state index in [2.05, 4.69) is 41.0 Å². The van der Waals surface area contributed by atoms with Crippen molar-refractivity contribution in [1.82, 2.24) is 10.6 Å². The van der Waals surface area contributed by atoms with Crippen molar-refractivity contribution in [1.29, 1.82) is 0 Å². The molecule has 2 rings (SSSR count). The number of carbonyl (C=O) groups excluding carboxylic acids is 2. The predicted molar refractivity (Wildman–Crippen MR) is 95.8 cm³/mol. The fraction of sp³-hybridized carbons (Fsp3) is 0.368.